The van der Waals surface area contributed by atoms with Gasteiger partial charge in [-0.15, -0.1) is 10.2 Å². The molecule has 0 saturated carbocycles. The van der Waals surface area contributed by atoms with E-state index in [-0.39, 0.29) is 0 Å². The van der Waals surface area contributed by atoms with Gasteiger partial charge in [0.05, 0.1) is 7.11 Å². The molecule has 0 saturated heterocycles. The zero-order chi connectivity index (χ0) is 16.3. The standard InChI is InChI=1S/C16H24N6O/c1-17-16(18-9-3-4-10-22-12-20-21-13-22)19-11-14-5-7-15(23-2)8-6-14/h5-8,12-13H,3-4,9-11H2,1-2H3,(H2,17,18,19). The smallest absolute Gasteiger partial charge is 0.191 e. The number of hydrogen-bond donors (Lipinski definition) is 2. The average Bonchev–Trinajstić information content (AvgIpc) is 3.11. The van der Waals surface area contributed by atoms with Gasteiger partial charge < -0.3 is 19.9 Å². The summed E-state index contributed by atoms with van der Waals surface area (Å²) in [6.45, 7) is 2.54. The van der Waals surface area contributed by atoms with Crippen LogP contribution < -0.4 is 15.4 Å². The first-order valence-electron chi connectivity index (χ1n) is 7.71. The van der Waals surface area contributed by atoms with Crippen LogP contribution in [0.2, 0.25) is 0 Å². The van der Waals surface area contributed by atoms with Gasteiger partial charge in [0, 0.05) is 26.7 Å². The van der Waals surface area contributed by atoms with Crippen molar-refractivity contribution in [3.8, 4) is 5.75 Å². The van der Waals surface area contributed by atoms with E-state index in [0.29, 0.717) is 0 Å². The van der Waals surface area contributed by atoms with Gasteiger partial charge in [0.1, 0.15) is 18.4 Å². The summed E-state index contributed by atoms with van der Waals surface area (Å²) in [6.07, 6.45) is 5.60. The van der Waals surface area contributed by atoms with Crippen LogP contribution >= 0.6 is 0 Å². The number of aromatic nitrogens is 3. The fourth-order valence-corrected chi connectivity index (χ4v) is 2.11. The van der Waals surface area contributed by atoms with E-state index in [2.05, 4.69) is 25.8 Å². The Hall–Kier alpha value is -2.57. The Kier molecular flexibility index (Phi) is 6.90. The van der Waals surface area contributed by atoms with Crippen LogP contribution in [0.1, 0.15) is 18.4 Å². The van der Waals surface area contributed by atoms with Crippen molar-refractivity contribution in [1.82, 2.24) is 25.4 Å². The molecule has 23 heavy (non-hydrogen) atoms. The third-order valence-corrected chi connectivity index (χ3v) is 3.44. The number of ether oxygens (including phenoxy) is 1. The molecule has 1 aromatic carbocycles. The number of aryl methyl sites for hydroxylation is 1. The Morgan fingerprint density at radius 2 is 1.87 bits per heavy atom. The van der Waals surface area contributed by atoms with E-state index in [9.17, 15) is 0 Å². The molecule has 1 heterocycles. The maximum absolute atomic E-state index is 5.15. The molecule has 0 radical (unpaired) electrons. The van der Waals surface area contributed by atoms with Crippen LogP contribution in [-0.2, 0) is 13.1 Å². The maximum atomic E-state index is 5.15. The second kappa shape index (κ2) is 9.45. The minimum Gasteiger partial charge on any atom is -0.497 e. The molecule has 7 heteroatoms. The van der Waals surface area contributed by atoms with Crippen molar-refractivity contribution in [3.05, 3.63) is 42.5 Å². The van der Waals surface area contributed by atoms with Crippen molar-refractivity contribution in [3.63, 3.8) is 0 Å². The molecule has 2 aromatic rings. The van der Waals surface area contributed by atoms with E-state index in [4.69, 9.17) is 4.74 Å². The van der Waals surface area contributed by atoms with E-state index >= 15 is 0 Å². The lowest BCUT2D eigenvalue weighted by Crippen LogP contribution is -2.37. The molecule has 1 aromatic heterocycles. The molecule has 0 spiro atoms. The van der Waals surface area contributed by atoms with E-state index in [1.54, 1.807) is 26.8 Å². The number of guanidine groups is 1. The van der Waals surface area contributed by atoms with Gasteiger partial charge in [-0.05, 0) is 30.5 Å². The van der Waals surface area contributed by atoms with Gasteiger partial charge in [-0.2, -0.15) is 0 Å². The molecule has 124 valence electrons. The molecule has 0 atom stereocenters. The maximum Gasteiger partial charge on any atom is 0.191 e. The fourth-order valence-electron chi connectivity index (χ4n) is 2.11. The Balaban J connectivity index is 1.62. The average molecular weight is 316 g/mol. The first-order valence-corrected chi connectivity index (χ1v) is 7.71. The van der Waals surface area contributed by atoms with Crippen molar-refractivity contribution in [2.75, 3.05) is 20.7 Å². The third-order valence-electron chi connectivity index (χ3n) is 3.44. The third kappa shape index (κ3) is 5.98. The van der Waals surface area contributed by atoms with Gasteiger partial charge in [-0.3, -0.25) is 4.99 Å². The molecule has 7 nitrogen and oxygen atoms in total. The summed E-state index contributed by atoms with van der Waals surface area (Å²) in [5, 5.41) is 14.2. The van der Waals surface area contributed by atoms with E-state index in [0.717, 1.165) is 44.2 Å². The number of unbranched alkanes of at least 4 members (excludes halogenated alkanes) is 1. The monoisotopic (exact) mass is 316 g/mol. The summed E-state index contributed by atoms with van der Waals surface area (Å²) in [4.78, 5) is 4.23. The highest BCUT2D eigenvalue weighted by Gasteiger charge is 1.99. The lowest BCUT2D eigenvalue weighted by atomic mass is 10.2. The minimum atomic E-state index is 0.727. The first kappa shape index (κ1) is 16.8. The van der Waals surface area contributed by atoms with Gasteiger partial charge in [0.15, 0.2) is 5.96 Å². The zero-order valence-corrected chi connectivity index (χ0v) is 13.7. The highest BCUT2D eigenvalue weighted by molar-refractivity contribution is 5.79. The lowest BCUT2D eigenvalue weighted by molar-refractivity contribution is 0.414. The molecule has 0 amide bonds. The van der Waals surface area contributed by atoms with E-state index in [1.165, 1.54) is 5.56 Å². The summed E-state index contributed by atoms with van der Waals surface area (Å²) >= 11 is 0. The first-order chi connectivity index (χ1) is 11.3. The molecule has 2 N–H and O–H groups in total. The van der Waals surface area contributed by atoms with Gasteiger partial charge in [0.2, 0.25) is 0 Å². The topological polar surface area (TPSA) is 76.4 Å². The number of nitrogens with zero attached hydrogens (tertiary/aromatic N) is 4. The van der Waals surface area contributed by atoms with Crippen molar-refractivity contribution >= 4 is 5.96 Å². The number of nitrogens with one attached hydrogen (secondary N) is 2. The molecular formula is C16H24N6O. The molecule has 0 bridgehead atoms. The summed E-state index contributed by atoms with van der Waals surface area (Å²) in [5.74, 6) is 1.68. The van der Waals surface area contributed by atoms with Gasteiger partial charge >= 0.3 is 0 Å². The Morgan fingerprint density at radius 1 is 1.13 bits per heavy atom. The predicted molar refractivity (Wildman–Crippen MR) is 90.5 cm³/mol. The second-order valence-corrected chi connectivity index (χ2v) is 5.11. The summed E-state index contributed by atoms with van der Waals surface area (Å²) < 4.78 is 7.14. The van der Waals surface area contributed by atoms with Crippen LogP contribution in [0.15, 0.2) is 41.9 Å². The summed E-state index contributed by atoms with van der Waals surface area (Å²) in [5.41, 5.74) is 1.18. The fraction of sp³-hybridized carbons (Fsp3) is 0.438. The number of benzene rings is 1. The van der Waals surface area contributed by atoms with Crippen molar-refractivity contribution in [2.45, 2.75) is 25.9 Å². The molecule has 2 rings (SSSR count). The van der Waals surface area contributed by atoms with Crippen molar-refractivity contribution < 1.29 is 4.74 Å². The summed E-state index contributed by atoms with van der Waals surface area (Å²) in [7, 11) is 3.45. The van der Waals surface area contributed by atoms with Crippen LogP contribution in [0, 0.1) is 0 Å². The van der Waals surface area contributed by atoms with Gasteiger partial charge in [-0.25, -0.2) is 0 Å². The van der Waals surface area contributed by atoms with Gasteiger partial charge in [0.25, 0.3) is 0 Å². The molecule has 0 fully saturated rings. The highest BCUT2D eigenvalue weighted by Crippen LogP contribution is 2.10. The molecule has 0 aliphatic rings. The Bertz CT molecular complexity index is 579. The highest BCUT2D eigenvalue weighted by atomic mass is 16.5. The van der Waals surface area contributed by atoms with Gasteiger partial charge in [-0.1, -0.05) is 12.1 Å². The quantitative estimate of drug-likeness (QED) is 0.438. The largest absolute Gasteiger partial charge is 0.497 e. The summed E-state index contributed by atoms with van der Waals surface area (Å²) in [6, 6.07) is 7.99. The number of aliphatic imine (C=N–C) groups is 1. The molecule has 0 unspecified atom stereocenters. The minimum absolute atomic E-state index is 0.727. The number of rotatable bonds is 8. The second-order valence-electron chi connectivity index (χ2n) is 5.11. The molecule has 0 aliphatic carbocycles. The lowest BCUT2D eigenvalue weighted by Gasteiger charge is -2.12. The number of methoxy groups -OCH3 is 1. The SMILES string of the molecule is CN=C(NCCCCn1cnnc1)NCc1ccc(OC)cc1. The zero-order valence-electron chi connectivity index (χ0n) is 13.7. The van der Waals surface area contributed by atoms with Crippen molar-refractivity contribution in [1.29, 1.82) is 0 Å². The van der Waals surface area contributed by atoms with Crippen molar-refractivity contribution in [2.24, 2.45) is 4.99 Å². The van der Waals surface area contributed by atoms with Crippen LogP contribution in [0.25, 0.3) is 0 Å². The van der Waals surface area contributed by atoms with E-state index < -0.39 is 0 Å². The normalized spacial score (nSPS) is 11.3. The van der Waals surface area contributed by atoms with Crippen LogP contribution in [-0.4, -0.2) is 41.4 Å². The Labute approximate surface area is 136 Å². The Morgan fingerprint density at radius 3 is 2.52 bits per heavy atom. The molecular weight excluding hydrogens is 292 g/mol. The van der Waals surface area contributed by atoms with Crippen LogP contribution in [0.5, 0.6) is 5.75 Å². The van der Waals surface area contributed by atoms with E-state index in [1.807, 2.05) is 28.8 Å². The number of hydrogen-bond acceptors (Lipinski definition) is 4. The predicted octanol–water partition coefficient (Wildman–Crippen LogP) is 1.43. The van der Waals surface area contributed by atoms with Crippen LogP contribution in [0.3, 0.4) is 0 Å². The van der Waals surface area contributed by atoms with Crippen LogP contribution in [0.4, 0.5) is 0 Å². The molecule has 0 aliphatic heterocycles.